The van der Waals surface area contributed by atoms with Gasteiger partial charge in [0.2, 0.25) is 0 Å². The smallest absolute Gasteiger partial charge is 0.262 e. The molecule has 9 heteroatoms. The van der Waals surface area contributed by atoms with Crippen LogP contribution >= 0.6 is 22.9 Å². The number of nitrogens with zero attached hydrogens (tertiary/aromatic N) is 1. The first-order valence-corrected chi connectivity index (χ1v) is 11.3. The number of thiophene rings is 1. The minimum Gasteiger partial charge on any atom is -0.495 e. The molecule has 1 aromatic heterocycles. The van der Waals surface area contributed by atoms with E-state index in [2.05, 4.69) is 4.72 Å². The van der Waals surface area contributed by atoms with Crippen LogP contribution in [0.2, 0.25) is 5.02 Å². The van der Waals surface area contributed by atoms with Gasteiger partial charge in [0.25, 0.3) is 15.9 Å². The number of ether oxygens (including phenoxy) is 1. The minimum absolute atomic E-state index is 0.0325. The number of sulfonamides is 1. The monoisotopic (exact) mass is 450 g/mol. The SMILES string of the molecule is COc1ccc(Cl)cc1NS(=O)(=O)c1cccc(C(=O)N(C)Cc2cccs2)c1. The zero-order valence-corrected chi connectivity index (χ0v) is 18.1. The molecule has 0 aliphatic heterocycles. The van der Waals surface area contributed by atoms with Crippen molar-refractivity contribution < 1.29 is 17.9 Å². The van der Waals surface area contributed by atoms with E-state index in [-0.39, 0.29) is 22.1 Å². The second-order valence-corrected chi connectivity index (χ2v) is 9.37. The molecule has 6 nitrogen and oxygen atoms in total. The van der Waals surface area contributed by atoms with Crippen molar-refractivity contribution in [3.05, 3.63) is 75.4 Å². The number of benzene rings is 2. The van der Waals surface area contributed by atoms with E-state index in [0.717, 1.165) is 4.88 Å². The van der Waals surface area contributed by atoms with Crippen molar-refractivity contribution in [3.8, 4) is 5.75 Å². The molecule has 0 unspecified atom stereocenters. The molecule has 0 spiro atoms. The fourth-order valence-electron chi connectivity index (χ4n) is 2.69. The number of nitrogens with one attached hydrogen (secondary N) is 1. The van der Waals surface area contributed by atoms with Crippen LogP contribution in [0.3, 0.4) is 0 Å². The highest BCUT2D eigenvalue weighted by molar-refractivity contribution is 7.92. The van der Waals surface area contributed by atoms with Gasteiger partial charge in [-0.05, 0) is 47.8 Å². The first-order chi connectivity index (χ1) is 13.8. The topological polar surface area (TPSA) is 75.7 Å². The van der Waals surface area contributed by atoms with Crippen LogP contribution in [0, 0.1) is 0 Å². The van der Waals surface area contributed by atoms with Crippen molar-refractivity contribution in [1.82, 2.24) is 4.90 Å². The number of carbonyl (C=O) groups excluding carboxylic acids is 1. The Kier molecular flexibility index (Phi) is 6.46. The second-order valence-electron chi connectivity index (χ2n) is 6.22. The first kappa shape index (κ1) is 21.2. The molecule has 0 saturated heterocycles. The molecule has 1 N–H and O–H groups in total. The number of halogens is 1. The number of anilines is 1. The maximum Gasteiger partial charge on any atom is 0.262 e. The maximum absolute atomic E-state index is 12.8. The summed E-state index contributed by atoms with van der Waals surface area (Å²) in [5, 5.41) is 2.30. The van der Waals surface area contributed by atoms with Gasteiger partial charge in [-0.1, -0.05) is 23.7 Å². The Balaban J connectivity index is 1.84. The van der Waals surface area contributed by atoms with Crippen LogP contribution in [-0.4, -0.2) is 33.4 Å². The third kappa shape index (κ3) is 5.09. The summed E-state index contributed by atoms with van der Waals surface area (Å²) in [7, 11) is -0.838. The van der Waals surface area contributed by atoms with Gasteiger partial charge in [0.1, 0.15) is 5.75 Å². The Morgan fingerprint density at radius 1 is 1.17 bits per heavy atom. The summed E-state index contributed by atoms with van der Waals surface area (Å²) in [5.74, 6) is 0.0664. The highest BCUT2D eigenvalue weighted by Crippen LogP contribution is 2.30. The Morgan fingerprint density at radius 2 is 1.97 bits per heavy atom. The molecule has 0 aliphatic carbocycles. The van der Waals surface area contributed by atoms with Crippen LogP contribution < -0.4 is 9.46 Å². The van der Waals surface area contributed by atoms with Crippen molar-refractivity contribution >= 4 is 44.6 Å². The predicted molar refractivity (Wildman–Crippen MR) is 115 cm³/mol. The first-order valence-electron chi connectivity index (χ1n) is 8.54. The average molecular weight is 451 g/mol. The van der Waals surface area contributed by atoms with Gasteiger partial charge in [-0.25, -0.2) is 8.42 Å². The van der Waals surface area contributed by atoms with Gasteiger partial charge in [-0.2, -0.15) is 0 Å². The van der Waals surface area contributed by atoms with Gasteiger partial charge in [0, 0.05) is 22.5 Å². The zero-order valence-electron chi connectivity index (χ0n) is 15.8. The fraction of sp³-hybridized carbons (Fsp3) is 0.150. The fourth-order valence-corrected chi connectivity index (χ4v) is 4.72. The normalized spacial score (nSPS) is 11.1. The van der Waals surface area contributed by atoms with Crippen LogP contribution in [0.15, 0.2) is 64.9 Å². The summed E-state index contributed by atoms with van der Waals surface area (Å²) in [6.45, 7) is 0.450. The highest BCUT2D eigenvalue weighted by Gasteiger charge is 2.20. The number of methoxy groups -OCH3 is 1. The van der Waals surface area contributed by atoms with E-state index in [9.17, 15) is 13.2 Å². The lowest BCUT2D eigenvalue weighted by atomic mass is 10.2. The van der Waals surface area contributed by atoms with E-state index in [1.165, 1.54) is 31.4 Å². The summed E-state index contributed by atoms with van der Waals surface area (Å²) < 4.78 is 33.3. The molecule has 152 valence electrons. The molecule has 1 heterocycles. The Morgan fingerprint density at radius 3 is 2.66 bits per heavy atom. The molecule has 2 aromatic carbocycles. The predicted octanol–water partition coefficient (Wildman–Crippen LogP) is 4.48. The lowest BCUT2D eigenvalue weighted by Gasteiger charge is -2.17. The summed E-state index contributed by atoms with van der Waals surface area (Å²) in [6.07, 6.45) is 0. The van der Waals surface area contributed by atoms with Crippen LogP contribution in [0.4, 0.5) is 5.69 Å². The summed E-state index contributed by atoms with van der Waals surface area (Å²) >= 11 is 7.52. The van der Waals surface area contributed by atoms with E-state index >= 15 is 0 Å². The van der Waals surface area contributed by atoms with Crippen LogP contribution in [0.5, 0.6) is 5.75 Å². The van der Waals surface area contributed by atoms with Crippen molar-refractivity contribution in [2.75, 3.05) is 18.9 Å². The number of amides is 1. The molecular formula is C20H19ClN2O4S2. The highest BCUT2D eigenvalue weighted by atomic mass is 35.5. The van der Waals surface area contributed by atoms with Gasteiger partial charge < -0.3 is 9.64 Å². The van der Waals surface area contributed by atoms with E-state index in [1.54, 1.807) is 41.5 Å². The van der Waals surface area contributed by atoms with E-state index in [4.69, 9.17) is 16.3 Å². The molecular weight excluding hydrogens is 432 g/mol. The molecule has 0 aliphatic rings. The number of hydrogen-bond donors (Lipinski definition) is 1. The molecule has 1 amide bonds. The molecule has 0 fully saturated rings. The largest absolute Gasteiger partial charge is 0.495 e. The van der Waals surface area contributed by atoms with Gasteiger partial charge in [0.05, 0.1) is 24.2 Å². The number of hydrogen-bond acceptors (Lipinski definition) is 5. The Labute approximate surface area is 178 Å². The molecule has 0 bridgehead atoms. The quantitative estimate of drug-likeness (QED) is 0.575. The Hall–Kier alpha value is -2.55. The standard InChI is InChI=1S/C20H19ClN2O4S2/c1-23(13-16-6-4-10-28-16)20(24)14-5-3-7-17(11-14)29(25,26)22-18-12-15(21)8-9-19(18)27-2/h3-12,22H,13H2,1-2H3. The summed E-state index contributed by atoms with van der Waals surface area (Å²) in [6, 6.07) is 14.4. The average Bonchev–Trinajstić information content (AvgIpc) is 3.20. The number of rotatable bonds is 7. The van der Waals surface area contributed by atoms with Crippen molar-refractivity contribution in [2.45, 2.75) is 11.4 Å². The van der Waals surface area contributed by atoms with E-state index in [0.29, 0.717) is 17.3 Å². The van der Waals surface area contributed by atoms with Crippen LogP contribution in [0.1, 0.15) is 15.2 Å². The molecule has 3 rings (SSSR count). The van der Waals surface area contributed by atoms with Crippen molar-refractivity contribution in [2.24, 2.45) is 0 Å². The molecule has 0 saturated carbocycles. The van der Waals surface area contributed by atoms with Crippen LogP contribution in [-0.2, 0) is 16.6 Å². The third-order valence-electron chi connectivity index (χ3n) is 4.12. The minimum atomic E-state index is -3.95. The van der Waals surface area contributed by atoms with E-state index < -0.39 is 10.0 Å². The van der Waals surface area contributed by atoms with Gasteiger partial charge in [0.15, 0.2) is 0 Å². The summed E-state index contributed by atoms with van der Waals surface area (Å²) in [5.41, 5.74) is 0.497. The lowest BCUT2D eigenvalue weighted by Crippen LogP contribution is -2.26. The molecule has 0 atom stereocenters. The van der Waals surface area contributed by atoms with E-state index in [1.807, 2.05) is 17.5 Å². The van der Waals surface area contributed by atoms with Gasteiger partial charge in [-0.15, -0.1) is 11.3 Å². The number of carbonyl (C=O) groups is 1. The van der Waals surface area contributed by atoms with Gasteiger partial charge in [-0.3, -0.25) is 9.52 Å². The Bertz CT molecular complexity index is 1120. The lowest BCUT2D eigenvalue weighted by molar-refractivity contribution is 0.0786. The second kappa shape index (κ2) is 8.86. The summed E-state index contributed by atoms with van der Waals surface area (Å²) in [4.78, 5) is 15.3. The molecule has 3 aromatic rings. The molecule has 0 radical (unpaired) electrons. The zero-order chi connectivity index (χ0) is 21.0. The third-order valence-corrected chi connectivity index (χ3v) is 6.58. The van der Waals surface area contributed by atoms with Crippen LogP contribution in [0.25, 0.3) is 0 Å². The van der Waals surface area contributed by atoms with Crippen molar-refractivity contribution in [3.63, 3.8) is 0 Å². The van der Waals surface area contributed by atoms with Crippen molar-refractivity contribution in [1.29, 1.82) is 0 Å². The molecule has 29 heavy (non-hydrogen) atoms. The maximum atomic E-state index is 12.8. The van der Waals surface area contributed by atoms with Gasteiger partial charge >= 0.3 is 0 Å².